The quantitative estimate of drug-likeness (QED) is 0.566. The average Bonchev–Trinajstić information content (AvgIpc) is 2.89. The second kappa shape index (κ2) is 4.91. The summed E-state index contributed by atoms with van der Waals surface area (Å²) in [5.41, 5.74) is 5.40. The van der Waals surface area contributed by atoms with Crippen molar-refractivity contribution < 1.29 is 4.79 Å². The monoisotopic (exact) mass is 302 g/mol. The number of nitrogens with two attached hydrogens (primary N) is 1. The Labute approximate surface area is 121 Å². The Hall–Kier alpha value is -2.87. The third kappa shape index (κ3) is 2.21. The van der Waals surface area contributed by atoms with Crippen molar-refractivity contribution in [2.24, 2.45) is 0 Å². The lowest BCUT2D eigenvalue weighted by Gasteiger charge is -2.07. The zero-order valence-corrected chi connectivity index (χ0v) is 11.4. The van der Waals surface area contributed by atoms with Crippen molar-refractivity contribution in [2.75, 3.05) is 11.1 Å². The van der Waals surface area contributed by atoms with Crippen LogP contribution in [-0.4, -0.2) is 16.1 Å². The fraction of sp³-hybridized carbons (Fsp3) is 0. The third-order valence-corrected chi connectivity index (χ3v) is 3.90. The first-order chi connectivity index (χ1) is 10.1. The van der Waals surface area contributed by atoms with Crippen LogP contribution in [0.2, 0.25) is 0 Å². The minimum Gasteiger partial charge on any atom is -0.397 e. The van der Waals surface area contributed by atoms with Crippen LogP contribution in [0, 0.1) is 0 Å². The summed E-state index contributed by atoms with van der Waals surface area (Å²) in [6.07, 6.45) is 0. The van der Waals surface area contributed by atoms with Crippen molar-refractivity contribution in [1.82, 2.24) is 10.2 Å². The Balaban J connectivity index is 2.12. The first kappa shape index (κ1) is 13.1. The van der Waals surface area contributed by atoms with Crippen LogP contribution in [0.25, 0.3) is 10.8 Å². The van der Waals surface area contributed by atoms with Gasteiger partial charge in [-0.15, -0.1) is 11.3 Å². The van der Waals surface area contributed by atoms with Crippen LogP contribution < -0.4 is 22.2 Å². The van der Waals surface area contributed by atoms with Crippen molar-refractivity contribution in [3.8, 4) is 0 Å². The number of carbonyl (C=O) groups excluding carboxylic acids is 1. The minimum absolute atomic E-state index is 0.129. The number of fused-ring (bicyclic) bond motifs is 1. The highest BCUT2D eigenvalue weighted by Crippen LogP contribution is 2.22. The number of carbonyl (C=O) groups is 1. The summed E-state index contributed by atoms with van der Waals surface area (Å²) < 4.78 is 0. The van der Waals surface area contributed by atoms with E-state index in [4.69, 9.17) is 5.73 Å². The summed E-state index contributed by atoms with van der Waals surface area (Å²) in [6.45, 7) is 0. The van der Waals surface area contributed by atoms with Crippen molar-refractivity contribution in [3.63, 3.8) is 0 Å². The Bertz CT molecular complexity index is 954. The number of thiophene rings is 1. The van der Waals surface area contributed by atoms with Gasteiger partial charge in [0.25, 0.3) is 17.0 Å². The smallest absolute Gasteiger partial charge is 0.272 e. The maximum Gasteiger partial charge on any atom is 0.272 e. The van der Waals surface area contributed by atoms with E-state index in [1.54, 1.807) is 23.6 Å². The molecule has 0 atom stereocenters. The zero-order chi connectivity index (χ0) is 15.0. The minimum atomic E-state index is -0.486. The molecule has 0 spiro atoms. The van der Waals surface area contributed by atoms with Gasteiger partial charge in [0.15, 0.2) is 0 Å². The number of rotatable bonds is 2. The highest BCUT2D eigenvalue weighted by Gasteiger charge is 2.14. The summed E-state index contributed by atoms with van der Waals surface area (Å²) in [7, 11) is 0. The second-order valence-corrected chi connectivity index (χ2v) is 5.21. The SMILES string of the molecule is Nc1ccsc1C(=O)Nc1cccc2c(=O)[nH][nH]c(=O)c12. The number of hydrogen-bond donors (Lipinski definition) is 4. The van der Waals surface area contributed by atoms with Gasteiger partial charge >= 0.3 is 0 Å². The van der Waals surface area contributed by atoms with Gasteiger partial charge in [-0.05, 0) is 23.6 Å². The lowest BCUT2D eigenvalue weighted by Crippen LogP contribution is -2.21. The number of amides is 1. The molecule has 3 rings (SSSR count). The highest BCUT2D eigenvalue weighted by molar-refractivity contribution is 7.12. The average molecular weight is 302 g/mol. The van der Waals surface area contributed by atoms with Crippen LogP contribution in [0.3, 0.4) is 0 Å². The van der Waals surface area contributed by atoms with E-state index in [2.05, 4.69) is 15.5 Å². The van der Waals surface area contributed by atoms with Crippen LogP contribution in [-0.2, 0) is 0 Å². The first-order valence-corrected chi connectivity index (χ1v) is 6.84. The summed E-state index contributed by atoms with van der Waals surface area (Å²) in [5, 5.41) is 9.12. The number of benzene rings is 1. The van der Waals surface area contributed by atoms with Gasteiger partial charge in [-0.1, -0.05) is 6.07 Å². The van der Waals surface area contributed by atoms with Crippen LogP contribution in [0.5, 0.6) is 0 Å². The van der Waals surface area contributed by atoms with E-state index in [-0.39, 0.29) is 16.5 Å². The molecule has 7 nitrogen and oxygen atoms in total. The van der Waals surface area contributed by atoms with Gasteiger partial charge in [-0.3, -0.25) is 24.6 Å². The maximum atomic E-state index is 12.2. The largest absolute Gasteiger partial charge is 0.397 e. The molecule has 0 fully saturated rings. The molecule has 1 aromatic carbocycles. The molecule has 21 heavy (non-hydrogen) atoms. The van der Waals surface area contributed by atoms with E-state index in [0.717, 1.165) is 0 Å². The molecule has 0 bridgehead atoms. The van der Waals surface area contributed by atoms with E-state index >= 15 is 0 Å². The number of hydrogen-bond acceptors (Lipinski definition) is 5. The van der Waals surface area contributed by atoms with Crippen LogP contribution in [0.1, 0.15) is 9.67 Å². The van der Waals surface area contributed by atoms with Crippen molar-refractivity contribution >= 4 is 39.4 Å². The van der Waals surface area contributed by atoms with Crippen LogP contribution in [0.4, 0.5) is 11.4 Å². The first-order valence-electron chi connectivity index (χ1n) is 5.96. The molecular formula is C13H10N4O3S. The molecule has 2 heterocycles. The predicted octanol–water partition coefficient (Wildman–Crippen LogP) is 1.11. The number of nitrogens with one attached hydrogen (secondary N) is 3. The number of nitrogen functional groups attached to an aromatic ring is 1. The van der Waals surface area contributed by atoms with Crippen molar-refractivity contribution in [3.05, 3.63) is 55.2 Å². The topological polar surface area (TPSA) is 121 Å². The maximum absolute atomic E-state index is 12.2. The zero-order valence-electron chi connectivity index (χ0n) is 10.6. The molecule has 0 saturated carbocycles. The lowest BCUT2D eigenvalue weighted by atomic mass is 10.1. The molecule has 0 saturated heterocycles. The number of H-pyrrole nitrogens is 2. The summed E-state index contributed by atoms with van der Waals surface area (Å²) >= 11 is 1.20. The molecule has 1 amide bonds. The van der Waals surface area contributed by atoms with Gasteiger partial charge in [-0.2, -0.15) is 0 Å². The Morgan fingerprint density at radius 2 is 1.90 bits per heavy atom. The number of aromatic nitrogens is 2. The van der Waals surface area contributed by atoms with E-state index in [9.17, 15) is 14.4 Å². The Kier molecular flexibility index (Phi) is 3.07. The molecule has 0 unspecified atom stereocenters. The number of aromatic amines is 2. The molecule has 106 valence electrons. The molecule has 5 N–H and O–H groups in total. The predicted molar refractivity (Wildman–Crippen MR) is 81.9 cm³/mol. The van der Waals surface area contributed by atoms with Crippen molar-refractivity contribution in [1.29, 1.82) is 0 Å². The van der Waals surface area contributed by atoms with Crippen molar-refractivity contribution in [2.45, 2.75) is 0 Å². The normalized spacial score (nSPS) is 10.7. The molecule has 0 aliphatic heterocycles. The molecule has 0 radical (unpaired) electrons. The highest BCUT2D eigenvalue weighted by atomic mass is 32.1. The van der Waals surface area contributed by atoms with Gasteiger partial charge in [0.2, 0.25) is 0 Å². The third-order valence-electron chi connectivity index (χ3n) is 2.98. The van der Waals surface area contributed by atoms with Gasteiger partial charge < -0.3 is 11.1 Å². The van der Waals surface area contributed by atoms with Gasteiger partial charge in [0, 0.05) is 0 Å². The van der Waals surface area contributed by atoms with E-state index < -0.39 is 17.0 Å². The summed E-state index contributed by atoms with van der Waals surface area (Å²) in [5.74, 6) is -0.422. The fourth-order valence-corrected chi connectivity index (χ4v) is 2.73. The van der Waals surface area contributed by atoms with Crippen LogP contribution in [0.15, 0.2) is 39.2 Å². The molecule has 2 aromatic heterocycles. The summed E-state index contributed by atoms with van der Waals surface area (Å²) in [4.78, 5) is 36.1. The summed E-state index contributed by atoms with van der Waals surface area (Å²) in [6, 6.07) is 6.28. The molecule has 8 heteroatoms. The molecule has 3 aromatic rings. The Morgan fingerprint density at radius 1 is 1.14 bits per heavy atom. The fourth-order valence-electron chi connectivity index (χ4n) is 2.02. The van der Waals surface area contributed by atoms with Gasteiger partial charge in [-0.25, -0.2) is 0 Å². The van der Waals surface area contributed by atoms with E-state index in [0.29, 0.717) is 10.6 Å². The van der Waals surface area contributed by atoms with E-state index in [1.807, 2.05) is 0 Å². The molecule has 0 aliphatic carbocycles. The lowest BCUT2D eigenvalue weighted by molar-refractivity contribution is 0.103. The van der Waals surface area contributed by atoms with Gasteiger partial charge in [0.1, 0.15) is 4.88 Å². The Morgan fingerprint density at radius 3 is 2.62 bits per heavy atom. The second-order valence-electron chi connectivity index (χ2n) is 4.30. The standard InChI is InChI=1S/C13H10N4O3S/c14-7-4-5-21-10(7)13(20)15-8-3-1-2-6-9(8)12(19)17-16-11(6)18/h1-5H,14H2,(H,15,20)(H,16,18)(H,17,19). The number of anilines is 2. The van der Waals surface area contributed by atoms with Gasteiger partial charge in [0.05, 0.1) is 22.1 Å². The molecular weight excluding hydrogens is 292 g/mol. The van der Waals surface area contributed by atoms with E-state index in [1.165, 1.54) is 17.4 Å². The molecule has 0 aliphatic rings. The van der Waals surface area contributed by atoms with Crippen LogP contribution >= 0.6 is 11.3 Å².